The second kappa shape index (κ2) is 11.2. The molecular weight excluding hydrogens is 448 g/mol. The molecule has 33 heavy (non-hydrogen) atoms. The number of likely N-dealkylation sites (tertiary alicyclic amines) is 1. The summed E-state index contributed by atoms with van der Waals surface area (Å²) in [7, 11) is 0. The van der Waals surface area contributed by atoms with E-state index in [1.165, 1.54) is 26.0 Å². The van der Waals surface area contributed by atoms with Gasteiger partial charge < -0.3 is 19.5 Å². The molecule has 8 nitrogen and oxygen atoms in total. The van der Waals surface area contributed by atoms with Crippen LogP contribution in [0.4, 0.5) is 0 Å². The number of hydrogen-bond donors (Lipinski definition) is 1. The summed E-state index contributed by atoms with van der Waals surface area (Å²) in [6.07, 6.45) is -0.151. The van der Waals surface area contributed by atoms with E-state index in [9.17, 15) is 19.5 Å². The summed E-state index contributed by atoms with van der Waals surface area (Å²) in [5, 5.41) is 10.6. The summed E-state index contributed by atoms with van der Waals surface area (Å²) in [5.41, 5.74) is 0.0201. The van der Waals surface area contributed by atoms with Crippen molar-refractivity contribution in [3.8, 4) is 11.5 Å². The van der Waals surface area contributed by atoms with Crippen molar-refractivity contribution in [3.05, 3.63) is 59.1 Å². The zero-order chi connectivity index (χ0) is 24.0. The average molecular weight is 475 g/mol. The quantitative estimate of drug-likeness (QED) is 0.631. The lowest BCUT2D eigenvalue weighted by molar-refractivity contribution is -0.129. The highest BCUT2D eigenvalue weighted by Gasteiger charge is 2.29. The number of halogens is 1. The van der Waals surface area contributed by atoms with Gasteiger partial charge in [0.25, 0.3) is 5.91 Å². The van der Waals surface area contributed by atoms with Crippen LogP contribution in [0.15, 0.2) is 48.5 Å². The maximum Gasteiger partial charge on any atom is 0.264 e. The Bertz CT molecular complexity index is 997. The van der Waals surface area contributed by atoms with Gasteiger partial charge in [0, 0.05) is 32.0 Å². The Kier molecular flexibility index (Phi) is 8.30. The van der Waals surface area contributed by atoms with Crippen LogP contribution in [-0.2, 0) is 14.3 Å². The summed E-state index contributed by atoms with van der Waals surface area (Å²) < 4.78 is 12.0. The van der Waals surface area contributed by atoms with E-state index in [0.29, 0.717) is 30.3 Å². The number of aromatic hydroxyl groups is 1. The number of ether oxygens (including phenoxy) is 2. The van der Waals surface area contributed by atoms with Gasteiger partial charge in [0.05, 0.1) is 24.8 Å². The SMILES string of the molecule is CC(=O)N1CC[C@H](OC[C@H](CN(C(C)=O)C(=O)c2ccccc2O)Oc2ccc(Cl)cc2)C1. The first kappa shape index (κ1) is 24.5. The van der Waals surface area contributed by atoms with Gasteiger partial charge in [-0.1, -0.05) is 23.7 Å². The van der Waals surface area contributed by atoms with Crippen LogP contribution in [0.1, 0.15) is 30.6 Å². The van der Waals surface area contributed by atoms with Crippen LogP contribution in [0, 0.1) is 0 Å². The van der Waals surface area contributed by atoms with Crippen LogP contribution in [-0.4, -0.2) is 71.1 Å². The Hall–Kier alpha value is -3.10. The molecule has 2 aromatic carbocycles. The van der Waals surface area contributed by atoms with Crippen LogP contribution >= 0.6 is 11.6 Å². The molecule has 0 aromatic heterocycles. The maximum absolute atomic E-state index is 13.0. The second-order valence-electron chi connectivity index (χ2n) is 7.85. The van der Waals surface area contributed by atoms with E-state index in [1.807, 2.05) is 0 Å². The molecule has 9 heteroatoms. The number of amides is 3. The van der Waals surface area contributed by atoms with Crippen molar-refractivity contribution in [3.63, 3.8) is 0 Å². The Morgan fingerprint density at radius 1 is 1.15 bits per heavy atom. The third-order valence-electron chi connectivity index (χ3n) is 5.37. The van der Waals surface area contributed by atoms with Crippen molar-refractivity contribution in [1.82, 2.24) is 9.80 Å². The van der Waals surface area contributed by atoms with Crippen LogP contribution in [0.2, 0.25) is 5.02 Å². The molecule has 0 saturated carbocycles. The largest absolute Gasteiger partial charge is 0.507 e. The van der Waals surface area contributed by atoms with Gasteiger partial charge in [0.2, 0.25) is 11.8 Å². The lowest BCUT2D eigenvalue weighted by Crippen LogP contribution is -2.44. The molecule has 1 aliphatic heterocycles. The molecule has 0 radical (unpaired) electrons. The van der Waals surface area contributed by atoms with Crippen molar-refractivity contribution in [1.29, 1.82) is 0 Å². The molecule has 1 aliphatic rings. The molecule has 3 amide bonds. The molecule has 0 unspecified atom stereocenters. The number of carbonyl (C=O) groups is 3. The molecule has 2 aromatic rings. The number of phenols is 1. The number of nitrogens with zero attached hydrogens (tertiary/aromatic N) is 2. The molecule has 3 rings (SSSR count). The van der Waals surface area contributed by atoms with E-state index in [2.05, 4.69) is 0 Å². The van der Waals surface area contributed by atoms with Crippen molar-refractivity contribution in [2.75, 3.05) is 26.2 Å². The van der Waals surface area contributed by atoms with E-state index in [-0.39, 0.29) is 36.5 Å². The monoisotopic (exact) mass is 474 g/mol. The fourth-order valence-electron chi connectivity index (χ4n) is 3.58. The Morgan fingerprint density at radius 3 is 2.45 bits per heavy atom. The Morgan fingerprint density at radius 2 is 1.85 bits per heavy atom. The molecule has 1 fully saturated rings. The molecule has 1 heterocycles. The van der Waals surface area contributed by atoms with Crippen molar-refractivity contribution < 1.29 is 29.0 Å². The number of imide groups is 1. The van der Waals surface area contributed by atoms with Gasteiger partial charge in [0.1, 0.15) is 17.6 Å². The van der Waals surface area contributed by atoms with Gasteiger partial charge >= 0.3 is 0 Å². The fourth-order valence-corrected chi connectivity index (χ4v) is 3.71. The molecule has 1 saturated heterocycles. The van der Waals surface area contributed by atoms with Gasteiger partial charge in [-0.25, -0.2) is 0 Å². The highest BCUT2D eigenvalue weighted by Crippen LogP contribution is 2.21. The van der Waals surface area contributed by atoms with Gasteiger partial charge in [-0.15, -0.1) is 0 Å². The fraction of sp³-hybridized carbons (Fsp3) is 0.375. The van der Waals surface area contributed by atoms with Crippen molar-refractivity contribution >= 4 is 29.3 Å². The third kappa shape index (κ3) is 6.69. The molecule has 0 aliphatic carbocycles. The lowest BCUT2D eigenvalue weighted by atomic mass is 10.1. The third-order valence-corrected chi connectivity index (χ3v) is 5.62. The standard InChI is InChI=1S/C24H27ClN2O6/c1-16(28)26-12-11-20(13-26)32-15-21(33-19-9-7-18(25)8-10-19)14-27(17(2)29)24(31)22-5-3-4-6-23(22)30/h3-10,20-21,30H,11-15H2,1-2H3/t20-,21-/m0/s1. The zero-order valence-corrected chi connectivity index (χ0v) is 19.3. The molecule has 0 bridgehead atoms. The van der Waals surface area contributed by atoms with Crippen LogP contribution in [0.5, 0.6) is 11.5 Å². The van der Waals surface area contributed by atoms with Crippen LogP contribution in [0.25, 0.3) is 0 Å². The molecule has 1 N–H and O–H groups in total. The minimum absolute atomic E-state index is 0.00826. The van der Waals surface area contributed by atoms with E-state index >= 15 is 0 Å². The van der Waals surface area contributed by atoms with Crippen LogP contribution < -0.4 is 4.74 Å². The van der Waals surface area contributed by atoms with Gasteiger partial charge in [-0.3, -0.25) is 19.3 Å². The smallest absolute Gasteiger partial charge is 0.264 e. The lowest BCUT2D eigenvalue weighted by Gasteiger charge is -2.27. The number of hydrogen-bond acceptors (Lipinski definition) is 6. The Labute approximate surface area is 197 Å². The molecular formula is C24H27ClN2O6. The zero-order valence-electron chi connectivity index (χ0n) is 18.6. The van der Waals surface area contributed by atoms with Crippen molar-refractivity contribution in [2.24, 2.45) is 0 Å². The topological polar surface area (TPSA) is 96.4 Å². The van der Waals surface area contributed by atoms with Gasteiger partial charge in [0.15, 0.2) is 0 Å². The van der Waals surface area contributed by atoms with Crippen molar-refractivity contribution in [2.45, 2.75) is 32.5 Å². The number of carbonyl (C=O) groups excluding carboxylic acids is 3. The second-order valence-corrected chi connectivity index (χ2v) is 8.29. The van der Waals surface area contributed by atoms with E-state index in [0.717, 1.165) is 4.90 Å². The number of benzene rings is 2. The number of rotatable bonds is 8. The van der Waals surface area contributed by atoms with Gasteiger partial charge in [-0.05, 0) is 42.8 Å². The highest BCUT2D eigenvalue weighted by molar-refractivity contribution is 6.30. The first-order valence-corrected chi connectivity index (χ1v) is 11.0. The maximum atomic E-state index is 13.0. The van der Waals surface area contributed by atoms with E-state index < -0.39 is 17.9 Å². The summed E-state index contributed by atoms with van der Waals surface area (Å²) in [4.78, 5) is 39.7. The van der Waals surface area contributed by atoms with E-state index in [4.69, 9.17) is 21.1 Å². The summed E-state index contributed by atoms with van der Waals surface area (Å²) in [6, 6.07) is 12.8. The minimum Gasteiger partial charge on any atom is -0.507 e. The predicted octanol–water partition coefficient (Wildman–Crippen LogP) is 3.12. The normalized spacial score (nSPS) is 16.3. The number of para-hydroxylation sites is 1. The van der Waals surface area contributed by atoms with Gasteiger partial charge in [-0.2, -0.15) is 0 Å². The van der Waals surface area contributed by atoms with Crippen LogP contribution in [0.3, 0.4) is 0 Å². The first-order chi connectivity index (χ1) is 15.7. The summed E-state index contributed by atoms with van der Waals surface area (Å²) in [5.74, 6) is -0.838. The highest BCUT2D eigenvalue weighted by atomic mass is 35.5. The minimum atomic E-state index is -0.684. The summed E-state index contributed by atoms with van der Waals surface area (Å²) >= 11 is 5.95. The Balaban J connectivity index is 1.75. The predicted molar refractivity (Wildman–Crippen MR) is 122 cm³/mol. The molecule has 2 atom stereocenters. The average Bonchev–Trinajstić information content (AvgIpc) is 3.26. The first-order valence-electron chi connectivity index (χ1n) is 10.6. The molecule has 0 spiro atoms. The number of phenolic OH excluding ortho intramolecular Hbond substituents is 1. The summed E-state index contributed by atoms with van der Waals surface area (Å²) in [6.45, 7) is 3.90. The molecule has 176 valence electrons. The van der Waals surface area contributed by atoms with E-state index in [1.54, 1.807) is 41.3 Å².